The van der Waals surface area contributed by atoms with Crippen molar-refractivity contribution in [3.05, 3.63) is 35.9 Å². The van der Waals surface area contributed by atoms with E-state index in [-0.39, 0.29) is 6.03 Å². The first-order valence-corrected chi connectivity index (χ1v) is 4.86. The zero-order valence-electron chi connectivity index (χ0n) is 8.02. The molecule has 1 saturated heterocycles. The number of nitrogens with zero attached hydrogens (tertiary/aromatic N) is 1. The maximum absolute atomic E-state index is 10.9. The summed E-state index contributed by atoms with van der Waals surface area (Å²) < 4.78 is 0. The average molecular weight is 190 g/mol. The molecule has 1 atom stereocenters. The maximum Gasteiger partial charge on any atom is 0.314 e. The monoisotopic (exact) mass is 190 g/mol. The summed E-state index contributed by atoms with van der Waals surface area (Å²) in [5, 5.41) is 0. The van der Waals surface area contributed by atoms with Crippen molar-refractivity contribution in [1.29, 1.82) is 0 Å². The molecule has 1 aromatic carbocycles. The molecule has 0 saturated carbocycles. The third-order valence-corrected chi connectivity index (χ3v) is 2.77. The number of likely N-dealkylation sites (tertiary alicyclic amines) is 1. The number of carbonyl (C=O) groups excluding carboxylic acids is 1. The van der Waals surface area contributed by atoms with Gasteiger partial charge in [-0.05, 0) is 12.0 Å². The van der Waals surface area contributed by atoms with E-state index in [1.54, 1.807) is 4.90 Å². The highest BCUT2D eigenvalue weighted by Crippen LogP contribution is 2.26. The smallest absolute Gasteiger partial charge is 0.314 e. The lowest BCUT2D eigenvalue weighted by Gasteiger charge is -2.13. The molecule has 1 aliphatic rings. The van der Waals surface area contributed by atoms with E-state index in [2.05, 4.69) is 12.1 Å². The van der Waals surface area contributed by atoms with Crippen molar-refractivity contribution >= 4 is 6.03 Å². The van der Waals surface area contributed by atoms with E-state index in [4.69, 9.17) is 5.73 Å². The third kappa shape index (κ3) is 1.71. The van der Waals surface area contributed by atoms with Crippen LogP contribution in [0.5, 0.6) is 0 Å². The van der Waals surface area contributed by atoms with Gasteiger partial charge in [0.25, 0.3) is 0 Å². The summed E-state index contributed by atoms with van der Waals surface area (Å²) >= 11 is 0. The van der Waals surface area contributed by atoms with Gasteiger partial charge in [-0.3, -0.25) is 0 Å². The van der Waals surface area contributed by atoms with Gasteiger partial charge in [0.1, 0.15) is 0 Å². The highest BCUT2D eigenvalue weighted by molar-refractivity contribution is 5.72. The minimum Gasteiger partial charge on any atom is -0.351 e. The highest BCUT2D eigenvalue weighted by Gasteiger charge is 2.25. The third-order valence-electron chi connectivity index (χ3n) is 2.77. The molecule has 0 radical (unpaired) electrons. The predicted molar refractivity (Wildman–Crippen MR) is 55.0 cm³/mol. The largest absolute Gasteiger partial charge is 0.351 e. The summed E-state index contributed by atoms with van der Waals surface area (Å²) in [7, 11) is 0. The molecule has 1 heterocycles. The highest BCUT2D eigenvalue weighted by atomic mass is 16.2. The van der Waals surface area contributed by atoms with E-state index in [1.165, 1.54) is 5.56 Å². The maximum atomic E-state index is 10.9. The molecule has 2 N–H and O–H groups in total. The van der Waals surface area contributed by atoms with Crippen molar-refractivity contribution in [3.8, 4) is 0 Å². The molecule has 3 heteroatoms. The fraction of sp³-hybridized carbons (Fsp3) is 0.364. The number of nitrogens with two attached hydrogens (primary N) is 1. The van der Waals surface area contributed by atoms with E-state index < -0.39 is 0 Å². The summed E-state index contributed by atoms with van der Waals surface area (Å²) in [6.45, 7) is 1.55. The molecule has 0 aromatic heterocycles. The van der Waals surface area contributed by atoms with Crippen LogP contribution in [0.4, 0.5) is 4.79 Å². The van der Waals surface area contributed by atoms with Gasteiger partial charge in [0.05, 0.1) is 0 Å². The molecule has 1 aliphatic heterocycles. The predicted octanol–water partition coefficient (Wildman–Crippen LogP) is 1.55. The second-order valence-corrected chi connectivity index (χ2v) is 3.68. The minimum absolute atomic E-state index is 0.302. The number of primary amides is 1. The summed E-state index contributed by atoms with van der Waals surface area (Å²) in [6, 6.07) is 9.97. The fourth-order valence-corrected chi connectivity index (χ4v) is 1.96. The number of hydrogen-bond acceptors (Lipinski definition) is 1. The van der Waals surface area contributed by atoms with Crippen LogP contribution in [0.2, 0.25) is 0 Å². The molecule has 2 rings (SSSR count). The molecule has 1 fully saturated rings. The molecule has 0 unspecified atom stereocenters. The van der Waals surface area contributed by atoms with Crippen molar-refractivity contribution in [2.24, 2.45) is 5.73 Å². The SMILES string of the molecule is NC(=O)N1CC[C@@H](c2ccccc2)C1. The Labute approximate surface area is 83.5 Å². The number of hydrogen-bond donors (Lipinski definition) is 1. The second-order valence-electron chi connectivity index (χ2n) is 3.68. The first kappa shape index (κ1) is 9.06. The van der Waals surface area contributed by atoms with Gasteiger partial charge in [0.15, 0.2) is 0 Å². The summed E-state index contributed by atoms with van der Waals surface area (Å²) in [5.74, 6) is 0.462. The van der Waals surface area contributed by atoms with Crippen molar-refractivity contribution in [3.63, 3.8) is 0 Å². The van der Waals surface area contributed by atoms with E-state index in [0.717, 1.165) is 19.5 Å². The lowest BCUT2D eigenvalue weighted by atomic mass is 9.99. The molecule has 0 aliphatic carbocycles. The van der Waals surface area contributed by atoms with Gasteiger partial charge in [-0.25, -0.2) is 4.79 Å². The minimum atomic E-state index is -0.302. The Bertz CT molecular complexity index is 323. The molecule has 0 spiro atoms. The zero-order valence-corrected chi connectivity index (χ0v) is 8.02. The topological polar surface area (TPSA) is 46.3 Å². The normalized spacial score (nSPS) is 21.1. The van der Waals surface area contributed by atoms with Crippen LogP contribution in [0.25, 0.3) is 0 Å². The van der Waals surface area contributed by atoms with Gasteiger partial charge in [-0.15, -0.1) is 0 Å². The molecular formula is C11H14N2O. The van der Waals surface area contributed by atoms with Crippen LogP contribution >= 0.6 is 0 Å². The van der Waals surface area contributed by atoms with E-state index >= 15 is 0 Å². The molecule has 0 bridgehead atoms. The Hall–Kier alpha value is -1.51. The lowest BCUT2D eigenvalue weighted by molar-refractivity contribution is 0.218. The van der Waals surface area contributed by atoms with E-state index in [1.807, 2.05) is 18.2 Å². The Kier molecular flexibility index (Phi) is 2.39. The quantitative estimate of drug-likeness (QED) is 0.717. The molecule has 74 valence electrons. The lowest BCUT2D eigenvalue weighted by Crippen LogP contribution is -2.33. The van der Waals surface area contributed by atoms with Crippen molar-refractivity contribution in [2.45, 2.75) is 12.3 Å². The summed E-state index contributed by atoms with van der Waals surface area (Å²) in [4.78, 5) is 12.6. The van der Waals surface area contributed by atoms with E-state index in [0.29, 0.717) is 5.92 Å². The van der Waals surface area contributed by atoms with Crippen molar-refractivity contribution < 1.29 is 4.79 Å². The summed E-state index contributed by atoms with van der Waals surface area (Å²) in [5.41, 5.74) is 6.53. The molecule has 14 heavy (non-hydrogen) atoms. The van der Waals surface area contributed by atoms with Gasteiger partial charge in [-0.2, -0.15) is 0 Å². The molecular weight excluding hydrogens is 176 g/mol. The number of urea groups is 1. The van der Waals surface area contributed by atoms with Crippen LogP contribution in [0, 0.1) is 0 Å². The van der Waals surface area contributed by atoms with Crippen LogP contribution < -0.4 is 5.73 Å². The number of amides is 2. The summed E-state index contributed by atoms with van der Waals surface area (Å²) in [6.07, 6.45) is 1.02. The Morgan fingerprint density at radius 2 is 2.07 bits per heavy atom. The van der Waals surface area contributed by atoms with Gasteiger partial charge in [-0.1, -0.05) is 30.3 Å². The van der Waals surface area contributed by atoms with Crippen LogP contribution in [-0.4, -0.2) is 24.0 Å². The number of rotatable bonds is 1. The molecule has 3 nitrogen and oxygen atoms in total. The van der Waals surface area contributed by atoms with Gasteiger partial charge < -0.3 is 10.6 Å². The fourth-order valence-electron chi connectivity index (χ4n) is 1.96. The Balaban J connectivity index is 2.06. The molecule has 1 aromatic rings. The first-order valence-electron chi connectivity index (χ1n) is 4.86. The van der Waals surface area contributed by atoms with Gasteiger partial charge in [0.2, 0.25) is 0 Å². The zero-order chi connectivity index (χ0) is 9.97. The van der Waals surface area contributed by atoms with Gasteiger partial charge >= 0.3 is 6.03 Å². The van der Waals surface area contributed by atoms with E-state index in [9.17, 15) is 4.79 Å². The number of carbonyl (C=O) groups is 1. The first-order chi connectivity index (χ1) is 6.77. The van der Waals surface area contributed by atoms with Gasteiger partial charge in [0, 0.05) is 19.0 Å². The Morgan fingerprint density at radius 3 is 2.64 bits per heavy atom. The Morgan fingerprint density at radius 1 is 1.36 bits per heavy atom. The second kappa shape index (κ2) is 3.70. The van der Waals surface area contributed by atoms with Crippen LogP contribution in [0.15, 0.2) is 30.3 Å². The van der Waals surface area contributed by atoms with Crippen molar-refractivity contribution in [1.82, 2.24) is 4.90 Å². The standard InChI is InChI=1S/C11H14N2O/c12-11(14)13-7-6-10(8-13)9-4-2-1-3-5-9/h1-5,10H,6-8H2,(H2,12,14)/t10-/m1/s1. The average Bonchev–Trinajstić information content (AvgIpc) is 2.68. The van der Waals surface area contributed by atoms with Crippen LogP contribution in [0.3, 0.4) is 0 Å². The number of benzene rings is 1. The van der Waals surface area contributed by atoms with Crippen LogP contribution in [0.1, 0.15) is 17.9 Å². The van der Waals surface area contributed by atoms with Crippen LogP contribution in [-0.2, 0) is 0 Å². The van der Waals surface area contributed by atoms with Crippen molar-refractivity contribution in [2.75, 3.05) is 13.1 Å². The molecule has 2 amide bonds.